The molecule has 0 aliphatic heterocycles. The van der Waals surface area contributed by atoms with Crippen molar-refractivity contribution in [1.29, 1.82) is 0 Å². The highest BCUT2D eigenvalue weighted by Crippen LogP contribution is 2.29. The summed E-state index contributed by atoms with van der Waals surface area (Å²) in [6, 6.07) is 7.66. The van der Waals surface area contributed by atoms with Gasteiger partial charge in [-0.25, -0.2) is 0 Å². The summed E-state index contributed by atoms with van der Waals surface area (Å²) < 4.78 is 5.41. The molecule has 0 amide bonds. The van der Waals surface area contributed by atoms with E-state index in [0.717, 1.165) is 27.7 Å². The SMILES string of the molecule is Nc1cc2cc3[nH]c(N(CCO)CCO)cc3cc2o1. The third kappa shape index (κ3) is 2.19. The Kier molecular flexibility index (Phi) is 3.25. The Morgan fingerprint density at radius 1 is 1.05 bits per heavy atom. The van der Waals surface area contributed by atoms with Gasteiger partial charge in [0.2, 0.25) is 0 Å². The van der Waals surface area contributed by atoms with Crippen molar-refractivity contribution in [2.75, 3.05) is 36.9 Å². The molecule has 0 saturated carbocycles. The van der Waals surface area contributed by atoms with Gasteiger partial charge in [0.1, 0.15) is 11.4 Å². The van der Waals surface area contributed by atoms with Crippen molar-refractivity contribution in [2.24, 2.45) is 0 Å². The summed E-state index contributed by atoms with van der Waals surface area (Å²) in [7, 11) is 0. The lowest BCUT2D eigenvalue weighted by molar-refractivity contribution is 0.281. The summed E-state index contributed by atoms with van der Waals surface area (Å²) in [6.07, 6.45) is 0. The maximum atomic E-state index is 9.09. The van der Waals surface area contributed by atoms with Gasteiger partial charge in [0.15, 0.2) is 5.88 Å². The fraction of sp³-hybridized carbons (Fsp3) is 0.286. The van der Waals surface area contributed by atoms with Crippen LogP contribution in [0.5, 0.6) is 0 Å². The van der Waals surface area contributed by atoms with E-state index in [4.69, 9.17) is 20.4 Å². The number of nitrogens with zero attached hydrogens (tertiary/aromatic N) is 1. The Bertz CT molecular complexity index is 675. The van der Waals surface area contributed by atoms with Crippen molar-refractivity contribution in [3.8, 4) is 0 Å². The number of rotatable bonds is 5. The minimum Gasteiger partial charge on any atom is -0.441 e. The molecule has 5 N–H and O–H groups in total. The third-order valence-electron chi connectivity index (χ3n) is 3.34. The zero-order chi connectivity index (χ0) is 14.1. The van der Waals surface area contributed by atoms with E-state index in [9.17, 15) is 0 Å². The van der Waals surface area contributed by atoms with E-state index in [1.807, 2.05) is 23.1 Å². The molecule has 2 heterocycles. The molecule has 0 spiro atoms. The van der Waals surface area contributed by atoms with E-state index in [-0.39, 0.29) is 13.2 Å². The zero-order valence-corrected chi connectivity index (χ0v) is 11.0. The Morgan fingerprint density at radius 3 is 2.50 bits per heavy atom. The van der Waals surface area contributed by atoms with Crippen molar-refractivity contribution in [3.63, 3.8) is 0 Å². The molecule has 6 nitrogen and oxygen atoms in total. The van der Waals surface area contributed by atoms with E-state index in [0.29, 0.717) is 19.0 Å². The van der Waals surface area contributed by atoms with Gasteiger partial charge in [0, 0.05) is 35.4 Å². The molecule has 0 bridgehead atoms. The smallest absolute Gasteiger partial charge is 0.191 e. The maximum Gasteiger partial charge on any atom is 0.191 e. The van der Waals surface area contributed by atoms with Gasteiger partial charge in [-0.3, -0.25) is 0 Å². The number of H-pyrrole nitrogens is 1. The first kappa shape index (κ1) is 12.8. The summed E-state index contributed by atoms with van der Waals surface area (Å²) >= 11 is 0. The number of aliphatic hydroxyl groups excluding tert-OH is 2. The highest BCUT2D eigenvalue weighted by atomic mass is 16.3. The summed E-state index contributed by atoms with van der Waals surface area (Å²) in [5.74, 6) is 1.26. The molecular formula is C14H17N3O3. The van der Waals surface area contributed by atoms with Gasteiger partial charge < -0.3 is 30.2 Å². The van der Waals surface area contributed by atoms with Crippen LogP contribution in [0.1, 0.15) is 0 Å². The van der Waals surface area contributed by atoms with E-state index >= 15 is 0 Å². The van der Waals surface area contributed by atoms with E-state index < -0.39 is 0 Å². The first-order valence-electron chi connectivity index (χ1n) is 6.49. The number of aromatic nitrogens is 1. The molecule has 0 aliphatic rings. The van der Waals surface area contributed by atoms with Crippen molar-refractivity contribution in [3.05, 3.63) is 24.3 Å². The standard InChI is InChI=1S/C14H17N3O3/c15-13-7-10-5-11-9(6-12(10)20-13)8-14(16-11)17(1-3-18)2-4-19/h5-8,16,18-19H,1-4,15H2. The number of aromatic amines is 1. The lowest BCUT2D eigenvalue weighted by Crippen LogP contribution is -2.29. The monoisotopic (exact) mass is 275 g/mol. The maximum absolute atomic E-state index is 9.09. The molecule has 0 radical (unpaired) electrons. The van der Waals surface area contributed by atoms with E-state index in [1.165, 1.54) is 0 Å². The fourth-order valence-electron chi connectivity index (χ4n) is 2.44. The summed E-state index contributed by atoms with van der Waals surface area (Å²) in [4.78, 5) is 5.19. The molecule has 1 aromatic carbocycles. The second-order valence-corrected chi connectivity index (χ2v) is 4.71. The van der Waals surface area contributed by atoms with Crippen molar-refractivity contribution < 1.29 is 14.6 Å². The van der Waals surface area contributed by atoms with Crippen molar-refractivity contribution in [1.82, 2.24) is 4.98 Å². The predicted octanol–water partition coefficient (Wildman–Crippen LogP) is 1.29. The van der Waals surface area contributed by atoms with Crippen LogP contribution in [0.3, 0.4) is 0 Å². The molecule has 3 aromatic rings. The van der Waals surface area contributed by atoms with Gasteiger partial charge in [-0.05, 0) is 18.2 Å². The number of nitrogens with two attached hydrogens (primary N) is 1. The quantitative estimate of drug-likeness (QED) is 0.562. The van der Waals surface area contributed by atoms with Crippen molar-refractivity contribution in [2.45, 2.75) is 0 Å². The highest BCUT2D eigenvalue weighted by molar-refractivity contribution is 5.97. The van der Waals surface area contributed by atoms with Crippen LogP contribution in [-0.4, -0.2) is 41.5 Å². The molecule has 6 heteroatoms. The molecule has 2 aromatic heterocycles. The first-order valence-corrected chi connectivity index (χ1v) is 6.49. The number of nitrogen functional groups attached to an aromatic ring is 1. The molecule has 0 unspecified atom stereocenters. The second kappa shape index (κ2) is 5.07. The summed E-state index contributed by atoms with van der Waals surface area (Å²) in [5, 5.41) is 20.1. The van der Waals surface area contributed by atoms with Gasteiger partial charge in [-0.15, -0.1) is 0 Å². The zero-order valence-electron chi connectivity index (χ0n) is 11.0. The van der Waals surface area contributed by atoms with Gasteiger partial charge in [-0.2, -0.15) is 0 Å². The second-order valence-electron chi connectivity index (χ2n) is 4.71. The number of anilines is 2. The van der Waals surface area contributed by atoms with Crippen LogP contribution >= 0.6 is 0 Å². The summed E-state index contributed by atoms with van der Waals surface area (Å²) in [6.45, 7) is 1.01. The van der Waals surface area contributed by atoms with E-state index in [2.05, 4.69) is 4.98 Å². The third-order valence-corrected chi connectivity index (χ3v) is 3.34. The Labute approximate surface area is 115 Å². The van der Waals surface area contributed by atoms with E-state index in [1.54, 1.807) is 6.07 Å². The molecule has 0 fully saturated rings. The number of aliphatic hydroxyl groups is 2. The molecule has 0 atom stereocenters. The number of nitrogens with one attached hydrogen (secondary N) is 1. The van der Waals surface area contributed by atoms with Crippen LogP contribution in [0.4, 0.5) is 11.7 Å². The van der Waals surface area contributed by atoms with Crippen LogP contribution < -0.4 is 10.6 Å². The minimum atomic E-state index is 0.0360. The van der Waals surface area contributed by atoms with Crippen LogP contribution in [0.25, 0.3) is 21.9 Å². The molecule has 0 saturated heterocycles. The van der Waals surface area contributed by atoms with Gasteiger partial charge in [0.25, 0.3) is 0 Å². The van der Waals surface area contributed by atoms with Crippen LogP contribution in [0.15, 0.2) is 28.7 Å². The molecule has 0 aliphatic carbocycles. The van der Waals surface area contributed by atoms with Crippen LogP contribution in [-0.2, 0) is 0 Å². The normalized spacial score (nSPS) is 11.5. The topological polar surface area (TPSA) is 98.7 Å². The highest BCUT2D eigenvalue weighted by Gasteiger charge is 2.11. The Morgan fingerprint density at radius 2 is 1.80 bits per heavy atom. The van der Waals surface area contributed by atoms with Crippen LogP contribution in [0.2, 0.25) is 0 Å². The number of hydrogen-bond donors (Lipinski definition) is 4. The minimum absolute atomic E-state index is 0.0360. The first-order chi connectivity index (χ1) is 9.71. The van der Waals surface area contributed by atoms with Gasteiger partial charge in [-0.1, -0.05) is 0 Å². The Hall–Kier alpha value is -2.18. The molecule has 20 heavy (non-hydrogen) atoms. The largest absolute Gasteiger partial charge is 0.441 e. The average molecular weight is 275 g/mol. The number of hydrogen-bond acceptors (Lipinski definition) is 5. The fourth-order valence-corrected chi connectivity index (χ4v) is 2.44. The van der Waals surface area contributed by atoms with Gasteiger partial charge in [0.05, 0.1) is 13.2 Å². The summed E-state index contributed by atoms with van der Waals surface area (Å²) in [5.41, 5.74) is 7.35. The average Bonchev–Trinajstić information content (AvgIpc) is 2.96. The Balaban J connectivity index is 2.04. The molecule has 106 valence electrons. The number of furan rings is 1. The number of fused-ring (bicyclic) bond motifs is 2. The lowest BCUT2D eigenvalue weighted by atomic mass is 10.2. The van der Waals surface area contributed by atoms with Crippen LogP contribution in [0, 0.1) is 0 Å². The predicted molar refractivity (Wildman–Crippen MR) is 78.9 cm³/mol. The molecule has 3 rings (SSSR count). The van der Waals surface area contributed by atoms with Crippen molar-refractivity contribution >= 4 is 33.6 Å². The lowest BCUT2D eigenvalue weighted by Gasteiger charge is -2.20. The van der Waals surface area contributed by atoms with Gasteiger partial charge >= 0.3 is 0 Å². The molecular weight excluding hydrogens is 258 g/mol. The number of benzene rings is 1.